The van der Waals surface area contributed by atoms with Gasteiger partial charge in [0.25, 0.3) is 0 Å². The largest absolute Gasteiger partial charge is 0.326 e. The van der Waals surface area contributed by atoms with Crippen LogP contribution in [0, 0.1) is 0 Å². The van der Waals surface area contributed by atoms with Gasteiger partial charge in [0.15, 0.2) is 0 Å². The fraction of sp³-hybridized carbons (Fsp3) is 0.235. The molecule has 1 fully saturated rings. The van der Waals surface area contributed by atoms with E-state index in [-0.39, 0.29) is 10.8 Å². The van der Waals surface area contributed by atoms with Crippen LogP contribution in [0.5, 0.6) is 0 Å². The molecule has 6 heteroatoms. The molecule has 1 aliphatic rings. The average molecular weight is 330 g/mol. The lowest BCUT2D eigenvalue weighted by Crippen LogP contribution is -2.34. The minimum atomic E-state index is -3.66. The molecule has 0 spiro atoms. The molecular weight excluding hydrogens is 312 g/mol. The molecule has 1 aliphatic carbocycles. The second-order valence-corrected chi connectivity index (χ2v) is 7.45. The maximum atomic E-state index is 12.7. The minimum absolute atomic E-state index is 0.144. The van der Waals surface area contributed by atoms with Crippen molar-refractivity contribution in [3.05, 3.63) is 60.2 Å². The van der Waals surface area contributed by atoms with Gasteiger partial charge in [-0.15, -0.1) is 0 Å². The van der Waals surface area contributed by atoms with Crippen LogP contribution in [0.3, 0.4) is 0 Å². The van der Waals surface area contributed by atoms with Crippen LogP contribution in [0.25, 0.3) is 0 Å². The Morgan fingerprint density at radius 2 is 1.74 bits per heavy atom. The van der Waals surface area contributed by atoms with E-state index in [0.717, 1.165) is 18.4 Å². The number of hydrogen-bond acceptors (Lipinski definition) is 3. The summed E-state index contributed by atoms with van der Waals surface area (Å²) >= 11 is 0. The predicted octanol–water partition coefficient (Wildman–Crippen LogP) is 2.61. The van der Waals surface area contributed by atoms with Crippen molar-refractivity contribution < 1.29 is 13.2 Å². The summed E-state index contributed by atoms with van der Waals surface area (Å²) in [5, 5.41) is 2.60. The first-order chi connectivity index (χ1) is 10.9. The molecule has 120 valence electrons. The number of nitrogens with one attached hydrogen (secondary N) is 2. The number of amides is 1. The molecule has 0 bridgehead atoms. The Hall–Kier alpha value is -2.18. The molecule has 2 aromatic rings. The second-order valence-electron chi connectivity index (χ2n) is 5.76. The Bertz CT molecular complexity index is 828. The van der Waals surface area contributed by atoms with Crippen molar-refractivity contribution in [2.75, 3.05) is 5.32 Å². The smallest absolute Gasteiger partial charge is 0.241 e. The van der Waals surface area contributed by atoms with E-state index in [2.05, 4.69) is 10.0 Å². The van der Waals surface area contributed by atoms with Crippen molar-refractivity contribution in [2.24, 2.45) is 0 Å². The molecule has 0 aromatic heterocycles. The van der Waals surface area contributed by atoms with Crippen LogP contribution in [0.4, 0.5) is 5.69 Å². The van der Waals surface area contributed by atoms with Gasteiger partial charge in [-0.2, -0.15) is 0 Å². The highest BCUT2D eigenvalue weighted by Gasteiger charge is 2.47. The van der Waals surface area contributed by atoms with Gasteiger partial charge in [0.2, 0.25) is 15.9 Å². The third kappa shape index (κ3) is 3.43. The first-order valence-corrected chi connectivity index (χ1v) is 8.87. The van der Waals surface area contributed by atoms with Gasteiger partial charge in [-0.25, -0.2) is 13.1 Å². The van der Waals surface area contributed by atoms with Gasteiger partial charge >= 0.3 is 0 Å². The summed E-state index contributed by atoms with van der Waals surface area (Å²) in [4.78, 5) is 11.3. The third-order valence-electron chi connectivity index (χ3n) is 3.87. The van der Waals surface area contributed by atoms with Gasteiger partial charge in [-0.05, 0) is 36.6 Å². The number of rotatable bonds is 5. The molecule has 0 unspecified atom stereocenters. The molecule has 3 rings (SSSR count). The number of carbonyl (C=O) groups excluding carboxylic acids is 1. The first-order valence-electron chi connectivity index (χ1n) is 7.38. The standard InChI is InChI=1S/C17H18N2O3S/c1-13(20)18-15-8-5-9-16(12-15)23(21,22)19-17(10-11-17)14-6-3-2-4-7-14/h2-9,12,19H,10-11H2,1H3,(H,18,20). The summed E-state index contributed by atoms with van der Waals surface area (Å²) in [6, 6.07) is 15.8. The molecule has 2 aromatic carbocycles. The summed E-state index contributed by atoms with van der Waals surface area (Å²) in [6.07, 6.45) is 1.56. The molecular formula is C17H18N2O3S. The third-order valence-corrected chi connectivity index (χ3v) is 5.40. The van der Waals surface area contributed by atoms with Crippen LogP contribution < -0.4 is 10.0 Å². The molecule has 5 nitrogen and oxygen atoms in total. The van der Waals surface area contributed by atoms with Gasteiger partial charge in [0, 0.05) is 12.6 Å². The number of benzene rings is 2. The summed E-state index contributed by atoms with van der Waals surface area (Å²) in [5.41, 5.74) is 0.927. The summed E-state index contributed by atoms with van der Waals surface area (Å²) < 4.78 is 28.2. The van der Waals surface area contributed by atoms with Crippen molar-refractivity contribution in [1.29, 1.82) is 0 Å². The fourth-order valence-corrected chi connectivity index (χ4v) is 4.09. The molecule has 1 saturated carbocycles. The number of carbonyl (C=O) groups is 1. The van der Waals surface area contributed by atoms with Gasteiger partial charge < -0.3 is 5.32 Å². The van der Waals surface area contributed by atoms with Crippen LogP contribution in [0.1, 0.15) is 25.3 Å². The van der Waals surface area contributed by atoms with Crippen molar-refractivity contribution in [1.82, 2.24) is 4.72 Å². The topological polar surface area (TPSA) is 75.3 Å². The zero-order valence-corrected chi connectivity index (χ0v) is 13.6. The summed E-state index contributed by atoms with van der Waals surface area (Å²) in [6.45, 7) is 1.38. The monoisotopic (exact) mass is 330 g/mol. The normalized spacial score (nSPS) is 15.9. The Morgan fingerprint density at radius 1 is 1.04 bits per heavy atom. The van der Waals surface area contributed by atoms with E-state index in [1.165, 1.54) is 19.1 Å². The van der Waals surface area contributed by atoms with Gasteiger partial charge in [-0.1, -0.05) is 36.4 Å². The van der Waals surface area contributed by atoms with E-state index in [9.17, 15) is 13.2 Å². The quantitative estimate of drug-likeness (QED) is 0.885. The number of anilines is 1. The molecule has 0 radical (unpaired) electrons. The molecule has 23 heavy (non-hydrogen) atoms. The first kappa shape index (κ1) is 15.7. The highest BCUT2D eigenvalue weighted by Crippen LogP contribution is 2.46. The number of sulfonamides is 1. The van der Waals surface area contributed by atoms with E-state index in [1.807, 2.05) is 30.3 Å². The molecule has 0 aliphatic heterocycles. The highest BCUT2D eigenvalue weighted by molar-refractivity contribution is 7.89. The van der Waals surface area contributed by atoms with Crippen LogP contribution in [0.15, 0.2) is 59.5 Å². The van der Waals surface area contributed by atoms with Crippen molar-refractivity contribution in [3.8, 4) is 0 Å². The Kier molecular flexibility index (Phi) is 3.95. The van der Waals surface area contributed by atoms with Crippen LogP contribution >= 0.6 is 0 Å². The molecule has 1 amide bonds. The van der Waals surface area contributed by atoms with Crippen molar-refractivity contribution in [3.63, 3.8) is 0 Å². The van der Waals surface area contributed by atoms with Gasteiger partial charge in [0.1, 0.15) is 0 Å². The van der Waals surface area contributed by atoms with Crippen molar-refractivity contribution in [2.45, 2.75) is 30.2 Å². The lowest BCUT2D eigenvalue weighted by Gasteiger charge is -2.18. The van der Waals surface area contributed by atoms with E-state index < -0.39 is 15.6 Å². The lowest BCUT2D eigenvalue weighted by atomic mass is 10.1. The maximum absolute atomic E-state index is 12.7. The predicted molar refractivity (Wildman–Crippen MR) is 88.4 cm³/mol. The highest BCUT2D eigenvalue weighted by atomic mass is 32.2. The zero-order chi connectivity index (χ0) is 16.5. The summed E-state index contributed by atoms with van der Waals surface area (Å²) in [7, 11) is -3.66. The van der Waals surface area contributed by atoms with Gasteiger partial charge in [0.05, 0.1) is 10.4 Å². The van der Waals surface area contributed by atoms with Crippen molar-refractivity contribution >= 4 is 21.6 Å². The SMILES string of the molecule is CC(=O)Nc1cccc(S(=O)(=O)NC2(c3ccccc3)CC2)c1. The Balaban J connectivity index is 1.87. The lowest BCUT2D eigenvalue weighted by molar-refractivity contribution is -0.114. The molecule has 0 saturated heterocycles. The average Bonchev–Trinajstić information content (AvgIpc) is 3.28. The van der Waals surface area contributed by atoms with Crippen LogP contribution in [0.2, 0.25) is 0 Å². The van der Waals surface area contributed by atoms with Gasteiger partial charge in [-0.3, -0.25) is 4.79 Å². The Labute approximate surface area is 135 Å². The summed E-state index contributed by atoms with van der Waals surface area (Å²) in [5.74, 6) is -0.240. The fourth-order valence-electron chi connectivity index (χ4n) is 2.59. The van der Waals surface area contributed by atoms with E-state index in [1.54, 1.807) is 12.1 Å². The number of hydrogen-bond donors (Lipinski definition) is 2. The molecule has 0 atom stereocenters. The van der Waals surface area contributed by atoms with Crippen LogP contribution in [-0.4, -0.2) is 14.3 Å². The maximum Gasteiger partial charge on any atom is 0.241 e. The van der Waals surface area contributed by atoms with E-state index in [4.69, 9.17) is 0 Å². The molecule has 0 heterocycles. The Morgan fingerprint density at radius 3 is 2.35 bits per heavy atom. The second kappa shape index (κ2) is 5.79. The zero-order valence-electron chi connectivity index (χ0n) is 12.7. The molecule has 2 N–H and O–H groups in total. The van der Waals surface area contributed by atoms with E-state index >= 15 is 0 Å². The minimum Gasteiger partial charge on any atom is -0.326 e. The van der Waals surface area contributed by atoms with E-state index in [0.29, 0.717) is 5.69 Å². The van der Waals surface area contributed by atoms with Crippen LogP contribution in [-0.2, 0) is 20.4 Å².